The zero-order chi connectivity index (χ0) is 21.8. The second-order valence-corrected chi connectivity index (χ2v) is 11.8. The third kappa shape index (κ3) is 4.90. The van der Waals surface area contributed by atoms with Gasteiger partial charge < -0.3 is 17.1 Å². The summed E-state index contributed by atoms with van der Waals surface area (Å²) in [6.45, 7) is 6.57. The normalized spacial score (nSPS) is 11.0. The van der Waals surface area contributed by atoms with E-state index in [1.165, 1.54) is 38.2 Å². The van der Waals surface area contributed by atoms with E-state index in [9.17, 15) is 0 Å². The maximum absolute atomic E-state index is 5.56. The van der Waals surface area contributed by atoms with Gasteiger partial charge in [0.1, 0.15) is 28.9 Å². The number of benzene rings is 4. The number of methoxy groups -OCH3 is 1. The molecule has 0 bridgehead atoms. The van der Waals surface area contributed by atoms with Crippen molar-refractivity contribution in [2.24, 2.45) is 0 Å². The quantitative estimate of drug-likeness (QED) is 0.402. The van der Waals surface area contributed by atoms with E-state index in [1.54, 1.807) is 7.11 Å². The molecule has 0 aliphatic carbocycles. The topological polar surface area (TPSA) is 9.23 Å². The molecule has 4 aromatic carbocycles. The van der Waals surface area contributed by atoms with Crippen LogP contribution in [0.1, 0.15) is 22.3 Å². The molecule has 4 rings (SSSR count). The van der Waals surface area contributed by atoms with Crippen molar-refractivity contribution >= 4 is 23.2 Å². The van der Waals surface area contributed by atoms with Crippen LogP contribution >= 0.6 is 7.26 Å². The summed E-state index contributed by atoms with van der Waals surface area (Å²) in [7, 11) is -0.203. The Bertz CT molecular complexity index is 1090. The standard InChI is InChI=1S/C29H30OP.ClH/c1-22-9-5-14-27(17-22)31(28-15-6-10-23(2)18-28,29-16-7-11-24(3)19-29)21-25-12-8-13-26(20-25)30-4;/h5-20H,21H2,1-4H3;1H/q+1;/p-1. The van der Waals surface area contributed by atoms with Gasteiger partial charge in [-0.3, -0.25) is 0 Å². The molecule has 0 aliphatic rings. The summed E-state index contributed by atoms with van der Waals surface area (Å²) in [5.74, 6) is 0.910. The first-order valence-electron chi connectivity index (χ1n) is 10.7. The van der Waals surface area contributed by atoms with Crippen LogP contribution in [0.3, 0.4) is 0 Å². The molecule has 4 aromatic rings. The first-order valence-corrected chi connectivity index (χ1v) is 12.7. The summed E-state index contributed by atoms with van der Waals surface area (Å²) in [5.41, 5.74) is 5.20. The largest absolute Gasteiger partial charge is 1.00 e. The van der Waals surface area contributed by atoms with Gasteiger partial charge in [-0.1, -0.05) is 48.5 Å². The lowest BCUT2D eigenvalue weighted by Crippen LogP contribution is -3.00. The fourth-order valence-corrected chi connectivity index (χ4v) is 8.84. The average molecular weight is 461 g/mol. The molecule has 3 heteroatoms. The van der Waals surface area contributed by atoms with Crippen LogP contribution in [0.2, 0.25) is 0 Å². The van der Waals surface area contributed by atoms with Crippen LogP contribution in [-0.2, 0) is 6.16 Å². The first-order chi connectivity index (χ1) is 15.0. The van der Waals surface area contributed by atoms with Crippen LogP contribution in [0.4, 0.5) is 0 Å². The fraction of sp³-hybridized carbons (Fsp3) is 0.172. The molecular formula is C29H30ClOP. The predicted molar refractivity (Wildman–Crippen MR) is 136 cm³/mol. The van der Waals surface area contributed by atoms with Crippen LogP contribution in [0.15, 0.2) is 97.1 Å². The zero-order valence-electron chi connectivity index (χ0n) is 19.2. The van der Waals surface area contributed by atoms with Gasteiger partial charge in [-0.15, -0.1) is 0 Å². The SMILES string of the molecule is COc1cccc(C[P+](c2cccc(C)c2)(c2cccc(C)c2)c2cccc(C)c2)c1.[Cl-]. The Morgan fingerprint density at radius 1 is 0.594 bits per heavy atom. The van der Waals surface area contributed by atoms with E-state index in [2.05, 4.69) is 112 Å². The van der Waals surface area contributed by atoms with Crippen LogP contribution in [0.25, 0.3) is 0 Å². The third-order valence-electron chi connectivity index (χ3n) is 5.88. The van der Waals surface area contributed by atoms with E-state index >= 15 is 0 Å². The van der Waals surface area contributed by atoms with Crippen molar-refractivity contribution in [3.8, 4) is 5.75 Å². The highest BCUT2D eigenvalue weighted by Gasteiger charge is 2.45. The maximum atomic E-state index is 5.56. The minimum absolute atomic E-state index is 0. The van der Waals surface area contributed by atoms with Crippen LogP contribution in [-0.4, -0.2) is 7.11 Å². The molecule has 0 amide bonds. The molecule has 0 unspecified atom stereocenters. The van der Waals surface area contributed by atoms with Crippen LogP contribution < -0.4 is 33.1 Å². The van der Waals surface area contributed by atoms with Gasteiger partial charge in [0.25, 0.3) is 0 Å². The van der Waals surface area contributed by atoms with E-state index in [-0.39, 0.29) is 12.4 Å². The highest BCUT2D eigenvalue weighted by Crippen LogP contribution is 2.58. The number of halogens is 1. The lowest BCUT2D eigenvalue weighted by Gasteiger charge is -2.28. The summed E-state index contributed by atoms with van der Waals surface area (Å²) in [6, 6.07) is 35.9. The Hall–Kier alpha value is -2.60. The van der Waals surface area contributed by atoms with Crippen LogP contribution in [0.5, 0.6) is 5.75 Å². The van der Waals surface area contributed by atoms with Crippen molar-refractivity contribution in [2.75, 3.05) is 7.11 Å². The molecule has 0 saturated carbocycles. The summed E-state index contributed by atoms with van der Waals surface area (Å²) in [6.07, 6.45) is 0.959. The minimum Gasteiger partial charge on any atom is -1.00 e. The molecule has 0 aromatic heterocycles. The van der Waals surface area contributed by atoms with Crippen LogP contribution in [0, 0.1) is 20.8 Å². The molecule has 0 heterocycles. The monoisotopic (exact) mass is 460 g/mol. The Morgan fingerprint density at radius 3 is 1.44 bits per heavy atom. The molecule has 32 heavy (non-hydrogen) atoms. The van der Waals surface area contributed by atoms with Gasteiger partial charge in [-0.05, 0) is 91.6 Å². The fourth-order valence-electron chi connectivity index (χ4n) is 4.36. The molecule has 0 atom stereocenters. The Kier molecular flexibility index (Phi) is 7.77. The van der Waals surface area contributed by atoms with E-state index in [0.717, 1.165) is 11.9 Å². The molecule has 0 radical (unpaired) electrons. The average Bonchev–Trinajstić information content (AvgIpc) is 2.77. The highest BCUT2D eigenvalue weighted by molar-refractivity contribution is 7.95. The molecule has 0 N–H and O–H groups in total. The predicted octanol–water partition coefficient (Wildman–Crippen LogP) is 3.12. The molecule has 0 saturated heterocycles. The van der Waals surface area contributed by atoms with E-state index in [1.807, 2.05) is 6.07 Å². The van der Waals surface area contributed by atoms with Gasteiger partial charge in [-0.2, -0.15) is 0 Å². The summed E-state index contributed by atoms with van der Waals surface area (Å²) < 4.78 is 5.56. The number of rotatable bonds is 6. The van der Waals surface area contributed by atoms with Gasteiger partial charge in [0, 0.05) is 0 Å². The van der Waals surface area contributed by atoms with Gasteiger partial charge in [0.2, 0.25) is 0 Å². The summed E-state index contributed by atoms with van der Waals surface area (Å²) in [4.78, 5) is 0. The third-order valence-corrected chi connectivity index (χ3v) is 10.2. The Balaban J connectivity index is 0.00000289. The smallest absolute Gasteiger partial charge is 0.119 e. The second-order valence-electron chi connectivity index (χ2n) is 8.34. The minimum atomic E-state index is -1.94. The molecule has 0 spiro atoms. The lowest BCUT2D eigenvalue weighted by atomic mass is 10.2. The van der Waals surface area contributed by atoms with E-state index in [4.69, 9.17) is 4.74 Å². The summed E-state index contributed by atoms with van der Waals surface area (Å²) in [5, 5.41) is 4.27. The van der Waals surface area contributed by atoms with Crippen molar-refractivity contribution < 1.29 is 17.1 Å². The lowest BCUT2D eigenvalue weighted by molar-refractivity contribution is -0.00000669. The van der Waals surface area contributed by atoms with Crippen molar-refractivity contribution in [3.05, 3.63) is 119 Å². The van der Waals surface area contributed by atoms with Gasteiger partial charge in [0.05, 0.1) is 13.3 Å². The number of ether oxygens (including phenoxy) is 1. The van der Waals surface area contributed by atoms with Gasteiger partial charge >= 0.3 is 0 Å². The second kappa shape index (κ2) is 10.3. The van der Waals surface area contributed by atoms with E-state index < -0.39 is 7.26 Å². The Morgan fingerprint density at radius 2 is 1.03 bits per heavy atom. The highest BCUT2D eigenvalue weighted by atomic mass is 35.5. The number of aryl methyl sites for hydroxylation is 3. The number of hydrogen-bond acceptors (Lipinski definition) is 1. The molecule has 0 aliphatic heterocycles. The van der Waals surface area contributed by atoms with Crippen molar-refractivity contribution in [1.82, 2.24) is 0 Å². The zero-order valence-corrected chi connectivity index (χ0v) is 20.8. The van der Waals surface area contributed by atoms with Crippen molar-refractivity contribution in [3.63, 3.8) is 0 Å². The summed E-state index contributed by atoms with van der Waals surface area (Å²) >= 11 is 0. The molecule has 1 nitrogen and oxygen atoms in total. The van der Waals surface area contributed by atoms with E-state index in [0.29, 0.717) is 0 Å². The molecular weight excluding hydrogens is 431 g/mol. The van der Waals surface area contributed by atoms with Gasteiger partial charge in [-0.25, -0.2) is 0 Å². The molecule has 164 valence electrons. The number of hydrogen-bond donors (Lipinski definition) is 0. The Labute approximate surface area is 199 Å². The van der Waals surface area contributed by atoms with Crippen molar-refractivity contribution in [1.29, 1.82) is 0 Å². The molecule has 0 fully saturated rings. The maximum Gasteiger partial charge on any atom is 0.119 e. The van der Waals surface area contributed by atoms with Crippen molar-refractivity contribution in [2.45, 2.75) is 26.9 Å². The van der Waals surface area contributed by atoms with Gasteiger partial charge in [0.15, 0.2) is 0 Å². The first kappa shape index (κ1) is 24.1.